The molecule has 0 radical (unpaired) electrons. The van der Waals surface area contributed by atoms with Crippen LogP contribution in [0.4, 0.5) is 0 Å². The molecule has 0 unspecified atom stereocenters. The highest BCUT2D eigenvalue weighted by Gasteiger charge is 2.88. The number of ketones is 1. The van der Waals surface area contributed by atoms with E-state index in [9.17, 15) is 24.3 Å². The van der Waals surface area contributed by atoms with Gasteiger partial charge in [-0.2, -0.15) is 0 Å². The second-order valence-corrected chi connectivity index (χ2v) is 13.7. The van der Waals surface area contributed by atoms with Crippen LogP contribution in [-0.2, 0) is 42.9 Å². The fraction of sp³-hybridized carbons (Fsp3) is 0.559. The first-order chi connectivity index (χ1) is 21.1. The van der Waals surface area contributed by atoms with Crippen LogP contribution >= 0.6 is 0 Å². The lowest BCUT2D eigenvalue weighted by Gasteiger charge is -2.53. The van der Waals surface area contributed by atoms with Gasteiger partial charge in [0.1, 0.15) is 11.7 Å². The molecule has 6 rings (SSSR count). The largest absolute Gasteiger partial charge is 0.472 e. The highest BCUT2D eigenvalue weighted by Crippen LogP contribution is 2.80. The summed E-state index contributed by atoms with van der Waals surface area (Å²) in [5.74, 6) is -4.46. The maximum atomic E-state index is 15.2. The van der Waals surface area contributed by atoms with E-state index in [0.29, 0.717) is 29.6 Å². The van der Waals surface area contributed by atoms with Gasteiger partial charge in [-0.15, -0.1) is 0 Å². The van der Waals surface area contributed by atoms with Crippen molar-refractivity contribution < 1.29 is 52.4 Å². The Morgan fingerprint density at radius 2 is 1.87 bits per heavy atom. The fourth-order valence-electron chi connectivity index (χ4n) is 9.40. The van der Waals surface area contributed by atoms with E-state index in [1.165, 1.54) is 45.6 Å². The molecule has 11 heteroatoms. The van der Waals surface area contributed by atoms with Gasteiger partial charge in [-0.25, -0.2) is 9.59 Å². The smallest absolute Gasteiger partial charge is 0.334 e. The van der Waals surface area contributed by atoms with Crippen LogP contribution in [0.5, 0.6) is 0 Å². The SMILES string of the molecule is C/C=C(\C)C(=O)O[C@]12C(=O)[C@@H](OC(C)=O)[C@@]3(C)C[C@@]1(O)[C@](C)(C1=C2C2=CC(=O)O[C@@H](c4ccoc4)[C@]2(C)CC1)[C@H]3CC(=O)OC. The zero-order chi connectivity index (χ0) is 32.9. The van der Waals surface area contributed by atoms with Crippen LogP contribution < -0.4 is 0 Å². The molecule has 45 heavy (non-hydrogen) atoms. The molecule has 1 aromatic rings. The number of esters is 4. The van der Waals surface area contributed by atoms with E-state index in [-0.39, 0.29) is 24.0 Å². The number of allylic oxidation sites excluding steroid dienone is 1. The third-order valence-electron chi connectivity index (χ3n) is 11.6. The van der Waals surface area contributed by atoms with Gasteiger partial charge >= 0.3 is 23.9 Å². The van der Waals surface area contributed by atoms with Crippen LogP contribution in [0.15, 0.2) is 57.5 Å². The van der Waals surface area contributed by atoms with E-state index >= 15 is 4.79 Å². The number of rotatable bonds is 6. The third-order valence-corrected chi connectivity index (χ3v) is 11.6. The molecule has 0 aromatic carbocycles. The number of Topliss-reactive ketones (excluding diaryl/α,β-unsaturated/α-hetero) is 1. The molecular formula is C34H38O11. The highest BCUT2D eigenvalue weighted by atomic mass is 16.6. The van der Waals surface area contributed by atoms with Gasteiger partial charge in [0, 0.05) is 52.4 Å². The van der Waals surface area contributed by atoms with Gasteiger partial charge in [0.15, 0.2) is 6.10 Å². The van der Waals surface area contributed by atoms with Gasteiger partial charge in [-0.1, -0.05) is 32.4 Å². The molecule has 2 saturated carbocycles. The van der Waals surface area contributed by atoms with Gasteiger partial charge in [0.25, 0.3) is 0 Å². The number of ether oxygens (including phenoxy) is 4. The summed E-state index contributed by atoms with van der Waals surface area (Å²) in [6, 6.07) is 1.69. The molecule has 2 heterocycles. The quantitative estimate of drug-likeness (QED) is 0.278. The van der Waals surface area contributed by atoms with Gasteiger partial charge in [-0.3, -0.25) is 14.4 Å². The molecule has 1 aromatic heterocycles. The van der Waals surface area contributed by atoms with E-state index in [2.05, 4.69) is 0 Å². The highest BCUT2D eigenvalue weighted by molar-refractivity contribution is 6.06. The Balaban J connectivity index is 1.70. The number of carbonyl (C=O) groups is 5. The molecule has 5 aliphatic rings. The maximum absolute atomic E-state index is 15.2. The summed E-state index contributed by atoms with van der Waals surface area (Å²) < 4.78 is 28.3. The summed E-state index contributed by atoms with van der Waals surface area (Å²) >= 11 is 0. The van der Waals surface area contributed by atoms with E-state index in [1.807, 2.05) is 6.92 Å². The van der Waals surface area contributed by atoms with E-state index in [1.54, 1.807) is 26.8 Å². The number of hydrogen-bond acceptors (Lipinski definition) is 11. The van der Waals surface area contributed by atoms with Crippen LogP contribution in [0.2, 0.25) is 0 Å². The minimum Gasteiger partial charge on any atom is -0.472 e. The van der Waals surface area contributed by atoms with Crippen LogP contribution in [-0.4, -0.2) is 59.2 Å². The lowest BCUT2D eigenvalue weighted by molar-refractivity contribution is -0.215. The summed E-state index contributed by atoms with van der Waals surface area (Å²) in [5.41, 5.74) is -5.96. The summed E-state index contributed by atoms with van der Waals surface area (Å²) in [6.45, 7) is 9.73. The van der Waals surface area contributed by atoms with Crippen molar-refractivity contribution in [2.24, 2.45) is 22.2 Å². The summed E-state index contributed by atoms with van der Waals surface area (Å²) in [7, 11) is 1.25. The molecule has 2 fully saturated rings. The average Bonchev–Trinajstić information content (AvgIpc) is 3.61. The van der Waals surface area contributed by atoms with Crippen molar-refractivity contribution in [1.82, 2.24) is 0 Å². The van der Waals surface area contributed by atoms with Crippen molar-refractivity contribution in [3.05, 3.63) is 58.6 Å². The van der Waals surface area contributed by atoms with Gasteiger partial charge < -0.3 is 28.5 Å². The van der Waals surface area contributed by atoms with Crippen LogP contribution in [0.25, 0.3) is 0 Å². The summed E-state index contributed by atoms with van der Waals surface area (Å²) in [5, 5.41) is 13.2. The number of methoxy groups -OCH3 is 1. The first-order valence-corrected chi connectivity index (χ1v) is 15.1. The predicted octanol–water partition coefficient (Wildman–Crippen LogP) is 4.00. The molecular weight excluding hydrogens is 584 g/mol. The molecule has 0 amide bonds. The molecule has 8 atom stereocenters. The molecule has 0 saturated heterocycles. The van der Waals surface area contributed by atoms with Crippen molar-refractivity contribution in [2.45, 2.75) is 90.6 Å². The molecule has 0 spiro atoms. The second kappa shape index (κ2) is 9.75. The number of carbonyl (C=O) groups excluding carboxylic acids is 5. The summed E-state index contributed by atoms with van der Waals surface area (Å²) in [4.78, 5) is 67.8. The Kier molecular flexibility index (Phi) is 6.72. The second-order valence-electron chi connectivity index (χ2n) is 13.7. The monoisotopic (exact) mass is 622 g/mol. The Morgan fingerprint density at radius 1 is 1.16 bits per heavy atom. The minimum absolute atomic E-state index is 0.142. The zero-order valence-electron chi connectivity index (χ0n) is 26.5. The Morgan fingerprint density at radius 3 is 2.47 bits per heavy atom. The number of cyclic esters (lactones) is 1. The lowest BCUT2D eigenvalue weighted by atomic mass is 9.55. The molecule has 1 N–H and O–H groups in total. The Bertz CT molecular complexity index is 1630. The van der Waals surface area contributed by atoms with Crippen LogP contribution in [0.3, 0.4) is 0 Å². The Hall–Kier alpha value is -3.99. The standard InChI is InChI=1S/C34H38O11/c1-8-17(2)29(39)45-34-25-20(9-11-30(4)21(25)13-24(37)44-27(30)19-10-12-42-15-19)32(6)22(14-23(36)41-7)31(5,16-33(32,34)40)28(26(34)38)43-18(3)35/h8,10,12-13,15,22,27-28,40H,9,11,14,16H2,1-7H3/b17-8+/t22-,27-,28+,30+,31-,32+,33+,34+/m0/s1. The third kappa shape index (κ3) is 3.64. The Labute approximate surface area is 260 Å². The van der Waals surface area contributed by atoms with Crippen LogP contribution in [0.1, 0.15) is 78.9 Å². The lowest BCUT2D eigenvalue weighted by Crippen LogP contribution is -2.70. The van der Waals surface area contributed by atoms with Crippen molar-refractivity contribution in [2.75, 3.05) is 7.11 Å². The van der Waals surface area contributed by atoms with Crippen molar-refractivity contribution in [3.63, 3.8) is 0 Å². The molecule has 11 nitrogen and oxygen atoms in total. The van der Waals surface area contributed by atoms with E-state index < -0.39 is 75.2 Å². The normalized spacial score (nSPS) is 39.9. The number of hydrogen-bond donors (Lipinski definition) is 1. The fourth-order valence-corrected chi connectivity index (χ4v) is 9.40. The van der Waals surface area contributed by atoms with Gasteiger partial charge in [0.2, 0.25) is 11.4 Å². The number of furan rings is 1. The van der Waals surface area contributed by atoms with Crippen molar-refractivity contribution in [1.29, 1.82) is 0 Å². The van der Waals surface area contributed by atoms with Gasteiger partial charge in [0.05, 0.1) is 19.6 Å². The minimum atomic E-state index is -2.38. The average molecular weight is 623 g/mol. The van der Waals surface area contributed by atoms with E-state index in [0.717, 1.165) is 0 Å². The van der Waals surface area contributed by atoms with Crippen molar-refractivity contribution >= 4 is 29.7 Å². The topological polar surface area (TPSA) is 156 Å². The van der Waals surface area contributed by atoms with Gasteiger partial charge in [-0.05, 0) is 50.7 Å². The van der Waals surface area contributed by atoms with E-state index in [4.69, 9.17) is 23.4 Å². The first-order valence-electron chi connectivity index (χ1n) is 15.1. The predicted molar refractivity (Wildman–Crippen MR) is 155 cm³/mol. The molecule has 4 aliphatic carbocycles. The molecule has 240 valence electrons. The van der Waals surface area contributed by atoms with Crippen molar-refractivity contribution in [3.8, 4) is 0 Å². The number of fused-ring (bicyclic) bond motifs is 5. The molecule has 1 aliphatic heterocycles. The first kappa shape index (κ1) is 31.0. The maximum Gasteiger partial charge on any atom is 0.334 e. The zero-order valence-corrected chi connectivity index (χ0v) is 26.5. The molecule has 2 bridgehead atoms. The summed E-state index contributed by atoms with van der Waals surface area (Å²) in [6.07, 6.45) is 3.89. The van der Waals surface area contributed by atoms with Crippen LogP contribution in [0, 0.1) is 22.2 Å². The number of aliphatic hydroxyl groups is 1.